The second-order valence-corrected chi connectivity index (χ2v) is 9.15. The van der Waals surface area contributed by atoms with E-state index in [4.69, 9.17) is 4.74 Å². The Morgan fingerprint density at radius 1 is 1.19 bits per heavy atom. The van der Waals surface area contributed by atoms with Crippen molar-refractivity contribution in [2.24, 2.45) is 0 Å². The van der Waals surface area contributed by atoms with Crippen LogP contribution in [0.25, 0.3) is 0 Å². The fraction of sp³-hybridized carbons (Fsp3) is 0.588. The Bertz CT molecular complexity index is 686. The average Bonchev–Trinajstić information content (AvgIpc) is 2.54. The fourth-order valence-electron chi connectivity index (χ4n) is 2.90. The maximum Gasteiger partial charge on any atom is 0.240 e. The summed E-state index contributed by atoms with van der Waals surface area (Å²) >= 11 is 3.26. The van der Waals surface area contributed by atoms with Crippen LogP contribution in [0.2, 0.25) is 0 Å². The molecule has 1 fully saturated rings. The van der Waals surface area contributed by atoms with Gasteiger partial charge in [0.15, 0.2) is 0 Å². The quantitative estimate of drug-likeness (QED) is 0.627. The van der Waals surface area contributed by atoms with Crippen LogP contribution < -0.4 is 10.0 Å². The lowest BCUT2D eigenvalue weighted by Crippen LogP contribution is -2.48. The topological polar surface area (TPSA) is 87.7 Å². The van der Waals surface area contributed by atoms with Crippen molar-refractivity contribution >= 4 is 31.9 Å². The summed E-state index contributed by atoms with van der Waals surface area (Å²) in [5, 5.41) is 2.83. The first-order valence-electron chi connectivity index (χ1n) is 8.66. The zero-order valence-electron chi connectivity index (χ0n) is 15.1. The van der Waals surface area contributed by atoms with E-state index in [0.29, 0.717) is 6.54 Å². The number of carbonyl (C=O) groups excluding carboxylic acids is 1. The second kappa shape index (κ2) is 9.80. The molecule has 0 aromatic heterocycles. The van der Waals surface area contributed by atoms with Gasteiger partial charge in [0.2, 0.25) is 15.9 Å². The molecular weight excluding hydrogens is 422 g/mol. The first-order chi connectivity index (χ1) is 12.3. The van der Waals surface area contributed by atoms with E-state index >= 15 is 0 Å². The molecule has 2 rings (SSSR count). The molecule has 9 heteroatoms. The summed E-state index contributed by atoms with van der Waals surface area (Å²) in [5.74, 6) is -0.169. The molecule has 7 nitrogen and oxygen atoms in total. The predicted molar refractivity (Wildman–Crippen MR) is 103 cm³/mol. The van der Waals surface area contributed by atoms with Crippen LogP contribution in [0.5, 0.6) is 0 Å². The van der Waals surface area contributed by atoms with Crippen LogP contribution in [0.15, 0.2) is 33.6 Å². The Morgan fingerprint density at radius 2 is 1.81 bits per heavy atom. The molecule has 0 bridgehead atoms. The molecule has 1 amide bonds. The predicted octanol–water partition coefficient (Wildman–Crippen LogP) is 1.34. The monoisotopic (exact) mass is 447 g/mol. The number of rotatable bonds is 8. The highest BCUT2D eigenvalue weighted by Crippen LogP contribution is 2.14. The van der Waals surface area contributed by atoms with Crippen molar-refractivity contribution in [3.8, 4) is 0 Å². The molecule has 1 aliphatic heterocycles. The Balaban J connectivity index is 1.66. The number of amides is 1. The van der Waals surface area contributed by atoms with Gasteiger partial charge in [-0.1, -0.05) is 15.9 Å². The highest BCUT2D eigenvalue weighted by molar-refractivity contribution is 9.10. The maximum absolute atomic E-state index is 12.1. The van der Waals surface area contributed by atoms with Gasteiger partial charge < -0.3 is 10.1 Å². The van der Waals surface area contributed by atoms with Gasteiger partial charge in [-0.2, -0.15) is 0 Å². The Morgan fingerprint density at radius 3 is 2.42 bits per heavy atom. The second-order valence-electron chi connectivity index (χ2n) is 6.47. The number of nitrogens with one attached hydrogen (secondary N) is 2. The minimum atomic E-state index is -3.60. The Hall–Kier alpha value is -1.00. The van der Waals surface area contributed by atoms with Gasteiger partial charge in [-0.25, -0.2) is 13.1 Å². The molecule has 1 aliphatic rings. The van der Waals surface area contributed by atoms with Crippen LogP contribution in [0.3, 0.4) is 0 Å². The third-order valence-electron chi connectivity index (χ3n) is 4.01. The molecule has 1 aromatic rings. The minimum Gasteiger partial charge on any atom is -0.373 e. The van der Waals surface area contributed by atoms with Gasteiger partial charge in [-0.15, -0.1) is 0 Å². The zero-order chi connectivity index (χ0) is 19.2. The Kier molecular flexibility index (Phi) is 8.03. The third-order valence-corrected chi connectivity index (χ3v) is 6.02. The van der Waals surface area contributed by atoms with Crippen LogP contribution in [0.4, 0.5) is 0 Å². The number of hydrogen-bond donors (Lipinski definition) is 2. The van der Waals surface area contributed by atoms with Crippen LogP contribution in [-0.4, -0.2) is 64.2 Å². The van der Waals surface area contributed by atoms with E-state index in [1.54, 1.807) is 12.1 Å². The van der Waals surface area contributed by atoms with E-state index in [1.807, 2.05) is 13.8 Å². The summed E-state index contributed by atoms with van der Waals surface area (Å²) in [7, 11) is -3.60. The van der Waals surface area contributed by atoms with Gasteiger partial charge in [-0.3, -0.25) is 9.69 Å². The van der Waals surface area contributed by atoms with E-state index in [9.17, 15) is 13.2 Å². The molecule has 0 aliphatic carbocycles. The standard InChI is InChI=1S/C17H26BrN3O4S/c1-13-11-21(12-14(2)25-13)10-9-19-17(22)7-8-20-26(23,24)16-5-3-15(18)4-6-16/h3-6,13-14,20H,7-12H2,1-2H3,(H,19,22). The van der Waals surface area contributed by atoms with Crippen molar-refractivity contribution in [2.75, 3.05) is 32.7 Å². The number of halogens is 1. The van der Waals surface area contributed by atoms with Crippen LogP contribution in [0, 0.1) is 0 Å². The van der Waals surface area contributed by atoms with Crippen LogP contribution >= 0.6 is 15.9 Å². The van der Waals surface area contributed by atoms with Gasteiger partial charge >= 0.3 is 0 Å². The lowest BCUT2D eigenvalue weighted by atomic mass is 10.2. The summed E-state index contributed by atoms with van der Waals surface area (Å²) in [5.41, 5.74) is 0. The molecule has 2 unspecified atom stereocenters. The molecule has 0 radical (unpaired) electrons. The molecule has 2 atom stereocenters. The zero-order valence-corrected chi connectivity index (χ0v) is 17.5. The number of ether oxygens (including phenoxy) is 1. The number of morpholine rings is 1. The molecule has 26 heavy (non-hydrogen) atoms. The number of carbonyl (C=O) groups is 1. The van der Waals surface area contributed by atoms with E-state index < -0.39 is 10.0 Å². The normalized spacial score (nSPS) is 21.5. The first kappa shape index (κ1) is 21.3. The molecule has 2 N–H and O–H groups in total. The minimum absolute atomic E-state index is 0.0653. The Labute approximate surface area is 163 Å². The van der Waals surface area contributed by atoms with Crippen molar-refractivity contribution in [1.82, 2.24) is 14.9 Å². The maximum atomic E-state index is 12.1. The highest BCUT2D eigenvalue weighted by Gasteiger charge is 2.21. The first-order valence-corrected chi connectivity index (χ1v) is 10.9. The number of hydrogen-bond acceptors (Lipinski definition) is 5. The summed E-state index contributed by atoms with van der Waals surface area (Å²) in [6.45, 7) is 7.15. The summed E-state index contributed by atoms with van der Waals surface area (Å²) < 4.78 is 33.2. The van der Waals surface area contributed by atoms with E-state index in [1.165, 1.54) is 12.1 Å². The number of nitrogens with zero attached hydrogens (tertiary/aromatic N) is 1. The molecule has 1 saturated heterocycles. The summed E-state index contributed by atoms with van der Waals surface area (Å²) in [6.07, 6.45) is 0.496. The van der Waals surface area contributed by atoms with Gasteiger partial charge in [0, 0.05) is 43.6 Å². The van der Waals surface area contributed by atoms with Gasteiger partial charge in [0.05, 0.1) is 17.1 Å². The van der Waals surface area contributed by atoms with Crippen molar-refractivity contribution in [1.29, 1.82) is 0 Å². The molecule has 146 valence electrons. The molecule has 0 saturated carbocycles. The average molecular weight is 448 g/mol. The van der Waals surface area contributed by atoms with Crippen molar-refractivity contribution in [3.05, 3.63) is 28.7 Å². The van der Waals surface area contributed by atoms with E-state index in [0.717, 1.165) is 24.1 Å². The highest BCUT2D eigenvalue weighted by atomic mass is 79.9. The van der Waals surface area contributed by atoms with Gasteiger partial charge in [0.25, 0.3) is 0 Å². The van der Waals surface area contributed by atoms with Crippen LogP contribution in [-0.2, 0) is 19.6 Å². The van der Waals surface area contributed by atoms with E-state index in [-0.39, 0.29) is 36.0 Å². The molecule has 0 spiro atoms. The number of benzene rings is 1. The fourth-order valence-corrected chi connectivity index (χ4v) is 4.20. The lowest BCUT2D eigenvalue weighted by molar-refractivity contribution is -0.121. The SMILES string of the molecule is CC1CN(CCNC(=O)CCNS(=O)(=O)c2ccc(Br)cc2)CC(C)O1. The largest absolute Gasteiger partial charge is 0.373 e. The summed E-state index contributed by atoms with van der Waals surface area (Å²) in [4.78, 5) is 14.3. The van der Waals surface area contributed by atoms with E-state index in [2.05, 4.69) is 30.9 Å². The molecular formula is C17H26BrN3O4S. The van der Waals surface area contributed by atoms with Crippen LogP contribution in [0.1, 0.15) is 20.3 Å². The lowest BCUT2D eigenvalue weighted by Gasteiger charge is -2.35. The molecule has 1 heterocycles. The van der Waals surface area contributed by atoms with Crippen molar-refractivity contribution in [2.45, 2.75) is 37.4 Å². The van der Waals surface area contributed by atoms with Gasteiger partial charge in [-0.05, 0) is 38.1 Å². The third kappa shape index (κ3) is 6.96. The summed E-state index contributed by atoms with van der Waals surface area (Å²) in [6, 6.07) is 6.34. The molecule has 1 aromatic carbocycles. The van der Waals surface area contributed by atoms with Crippen molar-refractivity contribution < 1.29 is 17.9 Å². The van der Waals surface area contributed by atoms with Gasteiger partial charge in [0.1, 0.15) is 0 Å². The smallest absolute Gasteiger partial charge is 0.240 e. The van der Waals surface area contributed by atoms with Crippen molar-refractivity contribution in [3.63, 3.8) is 0 Å². The number of sulfonamides is 1.